The maximum atomic E-state index is 5.74. The van der Waals surface area contributed by atoms with Crippen LogP contribution in [0, 0.1) is 0 Å². The maximum Gasteiger partial charge on any atom is 0.0521 e. The molecule has 0 saturated carbocycles. The molecule has 4 N–H and O–H groups in total. The summed E-state index contributed by atoms with van der Waals surface area (Å²) in [6.45, 7) is 0. The smallest absolute Gasteiger partial charge is 0.0521 e. The van der Waals surface area contributed by atoms with Crippen molar-refractivity contribution in [1.82, 2.24) is 0 Å². The number of hydrogen-bond donors (Lipinski definition) is 2. The fourth-order valence-corrected chi connectivity index (χ4v) is 1.37. The third-order valence-corrected chi connectivity index (χ3v) is 2.60. The number of rotatable bonds is 0. The Morgan fingerprint density at radius 3 is 2.30 bits per heavy atom. The van der Waals surface area contributed by atoms with Crippen LogP contribution in [0.5, 0.6) is 0 Å². The summed E-state index contributed by atoms with van der Waals surface area (Å²) in [7, 11) is 0. The summed E-state index contributed by atoms with van der Waals surface area (Å²) in [6, 6.07) is -0.286. The minimum atomic E-state index is -0.159. The Morgan fingerprint density at radius 2 is 1.80 bits per heavy atom. The largest absolute Gasteiger partial charge is 0.323 e. The Bertz CT molecular complexity index is 178. The molecule has 1 rings (SSSR count). The van der Waals surface area contributed by atoms with Gasteiger partial charge in [-0.15, -0.1) is 0 Å². The van der Waals surface area contributed by atoms with Gasteiger partial charge >= 0.3 is 0 Å². The third-order valence-electron chi connectivity index (χ3n) is 1.35. The van der Waals surface area contributed by atoms with Crippen LogP contribution < -0.4 is 11.5 Å². The van der Waals surface area contributed by atoms with Gasteiger partial charge in [-0.3, -0.25) is 0 Å². The molecule has 2 atom stereocenters. The zero-order chi connectivity index (χ0) is 7.72. The first-order chi connectivity index (χ1) is 4.61. The van der Waals surface area contributed by atoms with Gasteiger partial charge in [0.05, 0.1) is 5.03 Å². The molecule has 0 radical (unpaired) electrons. The van der Waals surface area contributed by atoms with E-state index in [0.717, 1.165) is 4.48 Å². The predicted molar refractivity (Wildman–Crippen MR) is 46.9 cm³/mol. The van der Waals surface area contributed by atoms with Crippen molar-refractivity contribution in [1.29, 1.82) is 0 Å². The average Bonchev–Trinajstić information content (AvgIpc) is 1.84. The Hall–Kier alpha value is 0.170. The molecular weight excluding hydrogens is 215 g/mol. The van der Waals surface area contributed by atoms with Gasteiger partial charge in [0.2, 0.25) is 0 Å². The minimum absolute atomic E-state index is 0.128. The Kier molecular flexibility index (Phi) is 2.52. The number of allylic oxidation sites excluding steroid dienone is 2. The van der Waals surface area contributed by atoms with Crippen molar-refractivity contribution >= 4 is 27.5 Å². The third kappa shape index (κ3) is 1.61. The molecule has 0 aromatic rings. The lowest BCUT2D eigenvalue weighted by Gasteiger charge is -2.18. The number of halogens is 2. The summed E-state index contributed by atoms with van der Waals surface area (Å²) >= 11 is 8.98. The van der Waals surface area contributed by atoms with Gasteiger partial charge in [0.25, 0.3) is 0 Å². The Labute approximate surface area is 73.0 Å². The average molecular weight is 224 g/mol. The lowest BCUT2D eigenvalue weighted by Crippen LogP contribution is -2.40. The van der Waals surface area contributed by atoms with E-state index in [9.17, 15) is 0 Å². The van der Waals surface area contributed by atoms with E-state index in [1.807, 2.05) is 0 Å². The second-order valence-corrected chi connectivity index (χ2v) is 3.45. The van der Waals surface area contributed by atoms with Crippen LogP contribution >= 0.6 is 27.5 Å². The molecule has 1 aliphatic carbocycles. The zero-order valence-electron chi connectivity index (χ0n) is 5.22. The molecule has 1 aliphatic rings. The van der Waals surface area contributed by atoms with E-state index in [-0.39, 0.29) is 12.1 Å². The second-order valence-electron chi connectivity index (χ2n) is 2.18. The highest BCUT2D eigenvalue weighted by Gasteiger charge is 2.15. The molecule has 2 unspecified atom stereocenters. The highest BCUT2D eigenvalue weighted by atomic mass is 79.9. The van der Waals surface area contributed by atoms with E-state index < -0.39 is 0 Å². The molecule has 0 aromatic heterocycles. The van der Waals surface area contributed by atoms with E-state index in [2.05, 4.69) is 15.9 Å². The van der Waals surface area contributed by atoms with E-state index >= 15 is 0 Å². The quantitative estimate of drug-likeness (QED) is 0.645. The van der Waals surface area contributed by atoms with Crippen LogP contribution in [0.3, 0.4) is 0 Å². The molecule has 4 heteroatoms. The molecule has 10 heavy (non-hydrogen) atoms. The van der Waals surface area contributed by atoms with Crippen molar-refractivity contribution in [2.45, 2.75) is 12.1 Å². The molecule has 0 spiro atoms. The zero-order valence-corrected chi connectivity index (χ0v) is 7.56. The van der Waals surface area contributed by atoms with Gasteiger partial charge in [-0.25, -0.2) is 0 Å². The monoisotopic (exact) mass is 222 g/mol. The number of nitrogens with two attached hydrogens (primary N) is 2. The summed E-state index contributed by atoms with van der Waals surface area (Å²) in [5.41, 5.74) is 11.2. The normalized spacial score (nSPS) is 33.2. The van der Waals surface area contributed by atoms with Gasteiger partial charge < -0.3 is 11.5 Å². The molecular formula is C6H8BrClN2. The molecule has 0 amide bonds. The first kappa shape index (κ1) is 8.27. The Morgan fingerprint density at radius 1 is 1.30 bits per heavy atom. The first-order valence-electron chi connectivity index (χ1n) is 2.87. The van der Waals surface area contributed by atoms with E-state index in [1.165, 1.54) is 0 Å². The SMILES string of the molecule is NC1C=C(Cl)C(Br)=CC1N. The molecule has 0 heterocycles. The van der Waals surface area contributed by atoms with Crippen LogP contribution in [0.1, 0.15) is 0 Å². The molecule has 2 nitrogen and oxygen atoms in total. The van der Waals surface area contributed by atoms with Gasteiger partial charge in [-0.1, -0.05) is 17.7 Å². The molecule has 0 saturated heterocycles. The molecule has 0 aliphatic heterocycles. The van der Waals surface area contributed by atoms with Crippen molar-refractivity contribution in [3.8, 4) is 0 Å². The van der Waals surface area contributed by atoms with Crippen LogP contribution in [0.4, 0.5) is 0 Å². The second kappa shape index (κ2) is 3.05. The van der Waals surface area contributed by atoms with E-state index in [0.29, 0.717) is 5.03 Å². The first-order valence-corrected chi connectivity index (χ1v) is 4.04. The summed E-state index contributed by atoms with van der Waals surface area (Å²) in [6.07, 6.45) is 3.53. The van der Waals surface area contributed by atoms with Crippen molar-refractivity contribution in [2.75, 3.05) is 0 Å². The van der Waals surface area contributed by atoms with Crippen molar-refractivity contribution < 1.29 is 0 Å². The van der Waals surface area contributed by atoms with Crippen LogP contribution in [0.25, 0.3) is 0 Å². The van der Waals surface area contributed by atoms with Crippen molar-refractivity contribution in [3.63, 3.8) is 0 Å². The topological polar surface area (TPSA) is 52.0 Å². The molecule has 0 aromatic carbocycles. The van der Waals surface area contributed by atoms with E-state index in [4.69, 9.17) is 23.1 Å². The van der Waals surface area contributed by atoms with Gasteiger partial charge in [0, 0.05) is 16.6 Å². The highest BCUT2D eigenvalue weighted by Crippen LogP contribution is 2.25. The van der Waals surface area contributed by atoms with Crippen molar-refractivity contribution in [2.24, 2.45) is 11.5 Å². The molecule has 56 valence electrons. The molecule has 0 bridgehead atoms. The maximum absolute atomic E-state index is 5.74. The molecule has 0 fully saturated rings. The van der Waals surface area contributed by atoms with Crippen LogP contribution in [-0.4, -0.2) is 12.1 Å². The standard InChI is InChI=1S/C6H8BrClN2/c7-3-1-5(9)6(10)2-4(3)8/h1-2,5-6H,9-10H2. The fourth-order valence-electron chi connectivity index (χ4n) is 0.719. The van der Waals surface area contributed by atoms with Gasteiger partial charge in [0.1, 0.15) is 0 Å². The predicted octanol–water partition coefficient (Wildman–Crippen LogP) is 1.06. The highest BCUT2D eigenvalue weighted by molar-refractivity contribution is 9.12. The number of hydrogen-bond acceptors (Lipinski definition) is 2. The summed E-state index contributed by atoms with van der Waals surface area (Å²) in [5.74, 6) is 0. The Balaban J connectivity index is 2.83. The summed E-state index contributed by atoms with van der Waals surface area (Å²) in [4.78, 5) is 0. The van der Waals surface area contributed by atoms with Crippen LogP contribution in [0.15, 0.2) is 21.7 Å². The fraction of sp³-hybridized carbons (Fsp3) is 0.333. The van der Waals surface area contributed by atoms with Crippen molar-refractivity contribution in [3.05, 3.63) is 21.7 Å². The van der Waals surface area contributed by atoms with Gasteiger partial charge in [0.15, 0.2) is 0 Å². The van der Waals surface area contributed by atoms with Gasteiger partial charge in [-0.2, -0.15) is 0 Å². The lowest BCUT2D eigenvalue weighted by atomic mass is 10.1. The van der Waals surface area contributed by atoms with Crippen LogP contribution in [-0.2, 0) is 0 Å². The minimum Gasteiger partial charge on any atom is -0.323 e. The lowest BCUT2D eigenvalue weighted by molar-refractivity contribution is 0.696. The van der Waals surface area contributed by atoms with Gasteiger partial charge in [-0.05, 0) is 22.0 Å². The van der Waals surface area contributed by atoms with Crippen LogP contribution in [0.2, 0.25) is 0 Å². The van der Waals surface area contributed by atoms with E-state index in [1.54, 1.807) is 12.2 Å². The summed E-state index contributed by atoms with van der Waals surface area (Å²) in [5, 5.41) is 0.634. The summed E-state index contributed by atoms with van der Waals surface area (Å²) < 4.78 is 0.823.